The smallest absolute Gasteiger partial charge is 0.232 e. The van der Waals surface area contributed by atoms with E-state index in [1.54, 1.807) is 0 Å². The molecule has 0 saturated heterocycles. The highest BCUT2D eigenvalue weighted by molar-refractivity contribution is 5.96. The van der Waals surface area contributed by atoms with Gasteiger partial charge in [-0.25, -0.2) is 0 Å². The van der Waals surface area contributed by atoms with Crippen LogP contribution in [0.15, 0.2) is 0 Å². The van der Waals surface area contributed by atoms with E-state index in [1.165, 1.54) is 38.5 Å². The maximum atomic E-state index is 12.4. The lowest BCUT2D eigenvalue weighted by molar-refractivity contribution is -0.140. The van der Waals surface area contributed by atoms with E-state index in [2.05, 4.69) is 0 Å². The Labute approximate surface area is 138 Å². The lowest BCUT2D eigenvalue weighted by atomic mass is 9.88. The number of primary amides is 1. The molecule has 0 aromatic rings. The SMILES string of the molecule is NC(=O)CC(=O)N(C1CCCCC1)C1CCCCC1.[Mg]. The monoisotopic (exact) mass is 290 g/mol. The van der Waals surface area contributed by atoms with E-state index in [9.17, 15) is 9.59 Å². The fourth-order valence-electron chi connectivity index (χ4n) is 3.66. The molecule has 2 N–H and O–H groups in total. The zero-order valence-corrected chi connectivity index (χ0v) is 13.9. The second-order valence-electron chi connectivity index (χ2n) is 6.03. The van der Waals surface area contributed by atoms with Gasteiger partial charge in [-0.3, -0.25) is 9.59 Å². The third kappa shape index (κ3) is 4.92. The molecule has 0 aromatic carbocycles. The Balaban J connectivity index is 0.00000200. The topological polar surface area (TPSA) is 63.4 Å². The number of hydrogen-bond acceptors (Lipinski definition) is 2. The number of hydrogen-bond donors (Lipinski definition) is 1. The Morgan fingerprint density at radius 3 is 1.60 bits per heavy atom. The molecule has 5 heteroatoms. The van der Waals surface area contributed by atoms with Crippen LogP contribution >= 0.6 is 0 Å². The van der Waals surface area contributed by atoms with Crippen molar-refractivity contribution in [3.05, 3.63) is 0 Å². The highest BCUT2D eigenvalue weighted by Gasteiger charge is 2.32. The average Bonchev–Trinajstić information content (AvgIpc) is 2.40. The van der Waals surface area contributed by atoms with E-state index >= 15 is 0 Å². The number of amides is 2. The molecule has 2 aliphatic carbocycles. The molecule has 0 unspecified atom stereocenters. The molecule has 2 rings (SSSR count). The van der Waals surface area contributed by atoms with Crippen molar-refractivity contribution in [1.82, 2.24) is 4.90 Å². The van der Waals surface area contributed by atoms with Gasteiger partial charge < -0.3 is 10.6 Å². The van der Waals surface area contributed by atoms with Crippen LogP contribution < -0.4 is 5.73 Å². The van der Waals surface area contributed by atoms with Crippen LogP contribution in [0, 0.1) is 0 Å². The summed E-state index contributed by atoms with van der Waals surface area (Å²) >= 11 is 0. The third-order valence-corrected chi connectivity index (χ3v) is 4.55. The molecular formula is C15H26MgN2O2. The van der Waals surface area contributed by atoms with Crippen LogP contribution in [0.4, 0.5) is 0 Å². The maximum Gasteiger partial charge on any atom is 0.232 e. The molecule has 20 heavy (non-hydrogen) atoms. The Bertz CT molecular complexity index is 306. The second kappa shape index (κ2) is 8.87. The average molecular weight is 291 g/mol. The van der Waals surface area contributed by atoms with Gasteiger partial charge >= 0.3 is 0 Å². The molecule has 0 atom stereocenters. The molecule has 2 amide bonds. The van der Waals surface area contributed by atoms with Gasteiger partial charge in [-0.2, -0.15) is 0 Å². The fraction of sp³-hybridized carbons (Fsp3) is 0.867. The van der Waals surface area contributed by atoms with E-state index in [1.807, 2.05) is 4.90 Å². The van der Waals surface area contributed by atoms with Gasteiger partial charge in [-0.1, -0.05) is 38.5 Å². The Kier molecular flexibility index (Phi) is 7.88. The van der Waals surface area contributed by atoms with E-state index < -0.39 is 5.91 Å². The normalized spacial score (nSPS) is 21.0. The minimum Gasteiger partial charge on any atom is -0.369 e. The van der Waals surface area contributed by atoms with Crippen LogP contribution in [0.25, 0.3) is 0 Å². The van der Waals surface area contributed by atoms with Gasteiger partial charge in [0.25, 0.3) is 0 Å². The second-order valence-corrected chi connectivity index (χ2v) is 6.03. The van der Waals surface area contributed by atoms with Crippen molar-refractivity contribution >= 4 is 34.9 Å². The van der Waals surface area contributed by atoms with Crippen molar-refractivity contribution in [2.75, 3.05) is 0 Å². The van der Waals surface area contributed by atoms with E-state index in [-0.39, 0.29) is 35.4 Å². The standard InChI is InChI=1S/C15H26N2O2.Mg/c16-14(18)11-15(19)17(12-7-3-1-4-8-12)13-9-5-2-6-10-13;/h12-13H,1-11H2,(H2,16,18);. The van der Waals surface area contributed by atoms with E-state index in [4.69, 9.17) is 5.73 Å². The largest absolute Gasteiger partial charge is 0.369 e. The molecule has 2 aliphatic rings. The zero-order valence-electron chi connectivity index (χ0n) is 12.5. The van der Waals surface area contributed by atoms with Crippen molar-refractivity contribution in [1.29, 1.82) is 0 Å². The van der Waals surface area contributed by atoms with Gasteiger partial charge in [0, 0.05) is 35.1 Å². The first-order valence-electron chi connectivity index (χ1n) is 7.78. The molecule has 110 valence electrons. The fourth-order valence-corrected chi connectivity index (χ4v) is 3.66. The van der Waals surface area contributed by atoms with Crippen LogP contribution in [0.1, 0.15) is 70.6 Å². The molecule has 4 nitrogen and oxygen atoms in total. The number of rotatable bonds is 4. The summed E-state index contributed by atoms with van der Waals surface area (Å²) in [5, 5.41) is 0. The van der Waals surface area contributed by atoms with E-state index in [0.29, 0.717) is 12.1 Å². The van der Waals surface area contributed by atoms with Crippen LogP contribution in [0.5, 0.6) is 0 Å². The number of nitrogens with zero attached hydrogens (tertiary/aromatic N) is 1. The molecule has 2 saturated carbocycles. The first-order chi connectivity index (χ1) is 9.18. The quantitative estimate of drug-likeness (QED) is 0.635. The molecular weight excluding hydrogens is 264 g/mol. The number of carbonyl (C=O) groups is 2. The first-order valence-corrected chi connectivity index (χ1v) is 7.78. The highest BCUT2D eigenvalue weighted by atomic mass is 24.3. The van der Waals surface area contributed by atoms with Crippen molar-refractivity contribution in [2.24, 2.45) is 5.73 Å². The van der Waals surface area contributed by atoms with Gasteiger partial charge in [0.1, 0.15) is 6.42 Å². The first kappa shape index (κ1) is 17.8. The lowest BCUT2D eigenvalue weighted by Gasteiger charge is -2.41. The maximum absolute atomic E-state index is 12.4. The summed E-state index contributed by atoms with van der Waals surface area (Å²) in [6.45, 7) is 0. The summed E-state index contributed by atoms with van der Waals surface area (Å²) in [4.78, 5) is 25.5. The minimum atomic E-state index is -0.499. The molecule has 0 spiro atoms. The summed E-state index contributed by atoms with van der Waals surface area (Å²) in [5.41, 5.74) is 5.20. The Morgan fingerprint density at radius 1 is 0.850 bits per heavy atom. The molecule has 0 bridgehead atoms. The Morgan fingerprint density at radius 2 is 1.25 bits per heavy atom. The summed E-state index contributed by atoms with van der Waals surface area (Å²) in [6.07, 6.45) is 11.7. The zero-order chi connectivity index (χ0) is 13.7. The van der Waals surface area contributed by atoms with Gasteiger partial charge in [-0.15, -0.1) is 0 Å². The lowest BCUT2D eigenvalue weighted by Crippen LogP contribution is -2.49. The summed E-state index contributed by atoms with van der Waals surface area (Å²) < 4.78 is 0. The predicted octanol–water partition coefficient (Wildman–Crippen LogP) is 1.97. The van der Waals surface area contributed by atoms with Gasteiger partial charge in [0.05, 0.1) is 0 Å². The predicted molar refractivity (Wildman–Crippen MR) is 80.2 cm³/mol. The summed E-state index contributed by atoms with van der Waals surface area (Å²) in [7, 11) is 0. The number of carbonyl (C=O) groups excluding carboxylic acids is 2. The number of nitrogens with two attached hydrogens (primary N) is 1. The Hall–Kier alpha value is -0.294. The van der Waals surface area contributed by atoms with E-state index in [0.717, 1.165) is 25.7 Å². The summed E-state index contributed by atoms with van der Waals surface area (Å²) in [6, 6.07) is 0.701. The summed E-state index contributed by atoms with van der Waals surface area (Å²) in [5.74, 6) is -0.534. The van der Waals surface area contributed by atoms with Crippen molar-refractivity contribution in [2.45, 2.75) is 82.7 Å². The minimum absolute atomic E-state index is 0. The molecule has 0 aromatic heterocycles. The van der Waals surface area contributed by atoms with Crippen molar-refractivity contribution in [3.63, 3.8) is 0 Å². The molecule has 2 fully saturated rings. The third-order valence-electron chi connectivity index (χ3n) is 4.55. The molecule has 0 heterocycles. The van der Waals surface area contributed by atoms with Crippen molar-refractivity contribution in [3.8, 4) is 0 Å². The van der Waals surface area contributed by atoms with Gasteiger partial charge in [0.2, 0.25) is 11.8 Å². The van der Waals surface area contributed by atoms with Crippen LogP contribution in [-0.2, 0) is 9.59 Å². The van der Waals surface area contributed by atoms with Crippen molar-refractivity contribution < 1.29 is 9.59 Å². The van der Waals surface area contributed by atoms with Crippen LogP contribution in [0.2, 0.25) is 0 Å². The molecule has 2 radical (unpaired) electrons. The van der Waals surface area contributed by atoms with Crippen LogP contribution in [0.3, 0.4) is 0 Å². The molecule has 0 aliphatic heterocycles. The highest BCUT2D eigenvalue weighted by Crippen LogP contribution is 2.30. The van der Waals surface area contributed by atoms with Crippen LogP contribution in [-0.4, -0.2) is 51.9 Å². The van der Waals surface area contributed by atoms with Gasteiger partial charge in [0.15, 0.2) is 0 Å². The van der Waals surface area contributed by atoms with Gasteiger partial charge in [-0.05, 0) is 25.7 Å².